The summed E-state index contributed by atoms with van der Waals surface area (Å²) >= 11 is 11.5. The third-order valence-electron chi connectivity index (χ3n) is 2.68. The molecule has 0 aliphatic rings. The first-order chi connectivity index (χ1) is 10.2. The zero-order chi connectivity index (χ0) is 16.5. The van der Waals surface area contributed by atoms with E-state index in [-0.39, 0.29) is 6.54 Å². The summed E-state index contributed by atoms with van der Waals surface area (Å²) in [7, 11) is -4.37. The number of sulfonamides is 1. The van der Waals surface area contributed by atoms with Crippen molar-refractivity contribution in [1.82, 2.24) is 4.72 Å². The Morgan fingerprint density at radius 3 is 2.14 bits per heavy atom. The van der Waals surface area contributed by atoms with Gasteiger partial charge in [0.05, 0.1) is 0 Å². The monoisotopic (exact) mass is 369 g/mol. The maximum absolute atomic E-state index is 13.5. The van der Waals surface area contributed by atoms with Gasteiger partial charge in [-0.15, -0.1) is 0 Å². The maximum Gasteiger partial charge on any atom is 0.243 e. The van der Waals surface area contributed by atoms with Gasteiger partial charge < -0.3 is 0 Å². The number of hydrogen-bond acceptors (Lipinski definition) is 2. The fraction of sp³-hybridized carbons (Fsp3) is 0.0769. The van der Waals surface area contributed by atoms with Crippen LogP contribution in [0.1, 0.15) is 5.56 Å². The minimum absolute atomic E-state index is 0.249. The Bertz CT molecular complexity index is 808. The molecule has 2 aromatic rings. The summed E-state index contributed by atoms with van der Waals surface area (Å²) < 4.78 is 65.4. The highest BCUT2D eigenvalue weighted by molar-refractivity contribution is 7.89. The van der Waals surface area contributed by atoms with Crippen molar-refractivity contribution in [1.29, 1.82) is 0 Å². The first-order valence-electron chi connectivity index (χ1n) is 5.79. The number of rotatable bonds is 4. The molecule has 0 atom stereocenters. The summed E-state index contributed by atoms with van der Waals surface area (Å²) in [6.45, 7) is -0.249. The van der Waals surface area contributed by atoms with E-state index >= 15 is 0 Å². The number of benzene rings is 2. The zero-order valence-electron chi connectivity index (χ0n) is 10.7. The molecule has 9 heteroatoms. The highest BCUT2D eigenvalue weighted by atomic mass is 35.5. The molecule has 1 N–H and O–H groups in total. The molecule has 0 fully saturated rings. The molecule has 0 bridgehead atoms. The number of halogens is 5. The Morgan fingerprint density at radius 2 is 1.55 bits per heavy atom. The smallest absolute Gasteiger partial charge is 0.207 e. The summed E-state index contributed by atoms with van der Waals surface area (Å²) in [5.74, 6) is -5.11. The van der Waals surface area contributed by atoms with Gasteiger partial charge in [0, 0.05) is 16.6 Å². The molecule has 0 spiro atoms. The van der Waals surface area contributed by atoms with Gasteiger partial charge in [-0.25, -0.2) is 26.3 Å². The molecule has 0 aromatic heterocycles. The number of hydrogen-bond donors (Lipinski definition) is 1. The van der Waals surface area contributed by atoms with Crippen LogP contribution in [0.25, 0.3) is 0 Å². The predicted octanol–water partition coefficient (Wildman–Crippen LogP) is 3.89. The standard InChI is InChI=1S/C13H8Cl2F3NO2S/c14-8-3-7(4-9(15)5-8)6-19-22(20,21)11-2-1-10(16)12(17)13(11)18/h1-5,19H,6H2. The third-order valence-corrected chi connectivity index (χ3v) is 4.53. The van der Waals surface area contributed by atoms with Crippen molar-refractivity contribution in [2.24, 2.45) is 0 Å². The lowest BCUT2D eigenvalue weighted by Crippen LogP contribution is -2.24. The summed E-state index contributed by atoms with van der Waals surface area (Å²) in [5, 5.41) is 0.585. The van der Waals surface area contributed by atoms with E-state index in [9.17, 15) is 21.6 Å². The van der Waals surface area contributed by atoms with Crippen LogP contribution >= 0.6 is 23.2 Å². The molecule has 118 valence electrons. The topological polar surface area (TPSA) is 46.2 Å². The second kappa shape index (κ2) is 6.45. The summed E-state index contributed by atoms with van der Waals surface area (Å²) in [4.78, 5) is -0.987. The highest BCUT2D eigenvalue weighted by Crippen LogP contribution is 2.21. The van der Waals surface area contributed by atoms with E-state index in [1.807, 2.05) is 0 Å². The number of nitrogens with one attached hydrogen (secondary N) is 1. The second-order valence-electron chi connectivity index (χ2n) is 4.28. The first-order valence-corrected chi connectivity index (χ1v) is 8.03. The molecule has 0 heterocycles. The van der Waals surface area contributed by atoms with Gasteiger partial charge in [-0.3, -0.25) is 0 Å². The molecule has 2 aromatic carbocycles. The maximum atomic E-state index is 13.5. The molecular formula is C13H8Cl2F3NO2S. The van der Waals surface area contributed by atoms with Crippen LogP contribution < -0.4 is 4.72 Å². The average molecular weight is 370 g/mol. The minimum atomic E-state index is -4.37. The fourth-order valence-corrected chi connectivity index (χ4v) is 3.34. The lowest BCUT2D eigenvalue weighted by Gasteiger charge is -2.09. The molecule has 2 rings (SSSR count). The van der Waals surface area contributed by atoms with Crippen molar-refractivity contribution in [2.75, 3.05) is 0 Å². The Morgan fingerprint density at radius 1 is 0.955 bits per heavy atom. The van der Waals surface area contributed by atoms with Gasteiger partial charge in [-0.05, 0) is 35.9 Å². The normalized spacial score (nSPS) is 11.7. The van der Waals surface area contributed by atoms with E-state index in [4.69, 9.17) is 23.2 Å². The van der Waals surface area contributed by atoms with Crippen LogP contribution in [0.4, 0.5) is 13.2 Å². The third kappa shape index (κ3) is 3.73. The molecule has 3 nitrogen and oxygen atoms in total. The average Bonchev–Trinajstić information content (AvgIpc) is 2.41. The van der Waals surface area contributed by atoms with E-state index in [2.05, 4.69) is 4.72 Å². The first kappa shape index (κ1) is 17.1. The highest BCUT2D eigenvalue weighted by Gasteiger charge is 2.23. The van der Waals surface area contributed by atoms with Crippen LogP contribution in [0, 0.1) is 17.5 Å². The van der Waals surface area contributed by atoms with Gasteiger partial charge in [0.1, 0.15) is 4.90 Å². The van der Waals surface area contributed by atoms with Crippen molar-refractivity contribution in [3.05, 3.63) is 63.4 Å². The van der Waals surface area contributed by atoms with E-state index < -0.39 is 32.4 Å². The molecule has 0 radical (unpaired) electrons. The van der Waals surface area contributed by atoms with E-state index in [1.54, 1.807) is 0 Å². The van der Waals surface area contributed by atoms with Crippen LogP contribution in [0.15, 0.2) is 35.2 Å². The Hall–Kier alpha value is -1.28. The molecular weight excluding hydrogens is 362 g/mol. The summed E-state index contributed by atoms with van der Waals surface area (Å²) in [6, 6.07) is 5.54. The Kier molecular flexibility index (Phi) is 5.01. The molecule has 0 aliphatic carbocycles. The van der Waals surface area contributed by atoms with Crippen molar-refractivity contribution < 1.29 is 21.6 Å². The Labute approximate surface area is 134 Å². The molecule has 0 saturated carbocycles. The van der Waals surface area contributed by atoms with Gasteiger partial charge in [0.2, 0.25) is 10.0 Å². The Balaban J connectivity index is 2.27. The zero-order valence-corrected chi connectivity index (χ0v) is 13.0. The van der Waals surface area contributed by atoms with Gasteiger partial charge in [-0.2, -0.15) is 0 Å². The van der Waals surface area contributed by atoms with Crippen LogP contribution in [0.5, 0.6) is 0 Å². The van der Waals surface area contributed by atoms with Crippen molar-refractivity contribution in [3.8, 4) is 0 Å². The van der Waals surface area contributed by atoms with Crippen molar-refractivity contribution >= 4 is 33.2 Å². The predicted molar refractivity (Wildman–Crippen MR) is 76.8 cm³/mol. The van der Waals surface area contributed by atoms with Gasteiger partial charge >= 0.3 is 0 Å². The van der Waals surface area contributed by atoms with Gasteiger partial charge in [0.25, 0.3) is 0 Å². The summed E-state index contributed by atoms with van der Waals surface area (Å²) in [5.41, 5.74) is 0.420. The quantitative estimate of drug-likeness (QED) is 0.831. The van der Waals surface area contributed by atoms with Crippen molar-refractivity contribution in [3.63, 3.8) is 0 Å². The molecule has 0 amide bonds. The summed E-state index contributed by atoms with van der Waals surface area (Å²) in [6.07, 6.45) is 0. The molecule has 22 heavy (non-hydrogen) atoms. The minimum Gasteiger partial charge on any atom is -0.207 e. The van der Waals surface area contributed by atoms with E-state index in [0.717, 1.165) is 0 Å². The van der Waals surface area contributed by atoms with Gasteiger partial charge in [0.15, 0.2) is 17.5 Å². The SMILES string of the molecule is O=S(=O)(NCc1cc(Cl)cc(Cl)c1)c1ccc(F)c(F)c1F. The van der Waals surface area contributed by atoms with E-state index in [0.29, 0.717) is 27.7 Å². The lowest BCUT2D eigenvalue weighted by molar-refractivity contribution is 0.431. The lowest BCUT2D eigenvalue weighted by atomic mass is 10.2. The second-order valence-corrected chi connectivity index (χ2v) is 6.88. The van der Waals surface area contributed by atoms with Crippen LogP contribution in [0.2, 0.25) is 10.0 Å². The van der Waals surface area contributed by atoms with E-state index in [1.165, 1.54) is 18.2 Å². The van der Waals surface area contributed by atoms with Crippen LogP contribution in [-0.4, -0.2) is 8.42 Å². The largest absolute Gasteiger partial charge is 0.243 e. The molecule has 0 unspecified atom stereocenters. The van der Waals surface area contributed by atoms with Crippen LogP contribution in [-0.2, 0) is 16.6 Å². The van der Waals surface area contributed by atoms with Crippen molar-refractivity contribution in [2.45, 2.75) is 11.4 Å². The van der Waals surface area contributed by atoms with Gasteiger partial charge in [-0.1, -0.05) is 23.2 Å². The molecule has 0 aliphatic heterocycles. The fourth-order valence-electron chi connectivity index (χ4n) is 1.68. The van der Waals surface area contributed by atoms with Crippen LogP contribution in [0.3, 0.4) is 0 Å². The molecule has 0 saturated heterocycles.